The maximum atomic E-state index is 14.4. The molecule has 0 aliphatic carbocycles. The van der Waals surface area contributed by atoms with Crippen molar-refractivity contribution in [3.05, 3.63) is 105 Å². The maximum absolute atomic E-state index is 14.4. The van der Waals surface area contributed by atoms with Crippen molar-refractivity contribution in [1.29, 1.82) is 0 Å². The average Bonchev–Trinajstić information content (AvgIpc) is 2.65. The summed E-state index contributed by atoms with van der Waals surface area (Å²) in [5.41, 5.74) is 7.68. The van der Waals surface area contributed by atoms with Crippen molar-refractivity contribution in [3.8, 4) is 23.7 Å². The van der Waals surface area contributed by atoms with Crippen LogP contribution in [0.5, 0.6) is 0 Å². The summed E-state index contributed by atoms with van der Waals surface area (Å²) in [5, 5.41) is 0. The van der Waals surface area contributed by atoms with Crippen molar-refractivity contribution in [1.82, 2.24) is 0 Å². The zero-order chi connectivity index (χ0) is 19.4. The van der Waals surface area contributed by atoms with Crippen LogP contribution in [0.4, 0.5) is 4.39 Å². The van der Waals surface area contributed by atoms with Crippen molar-refractivity contribution in [2.45, 2.75) is 27.7 Å². The van der Waals surface area contributed by atoms with Crippen LogP contribution in [-0.2, 0) is 0 Å². The van der Waals surface area contributed by atoms with E-state index in [2.05, 4.69) is 44.5 Å². The Labute approximate surface area is 161 Å². The quantitative estimate of drug-likeness (QED) is 0.445. The predicted octanol–water partition coefficient (Wildman–Crippen LogP) is 5.86. The molecule has 3 rings (SSSR count). The second kappa shape index (κ2) is 7.94. The minimum Gasteiger partial charge on any atom is -0.206 e. The van der Waals surface area contributed by atoms with Crippen LogP contribution in [0.25, 0.3) is 0 Å². The molecule has 0 fully saturated rings. The highest BCUT2D eigenvalue weighted by molar-refractivity contribution is 5.50. The smallest absolute Gasteiger partial charge is 0.140 e. The van der Waals surface area contributed by atoms with Crippen molar-refractivity contribution in [3.63, 3.8) is 0 Å². The molecule has 0 nitrogen and oxygen atoms in total. The largest absolute Gasteiger partial charge is 0.206 e. The molecule has 0 unspecified atom stereocenters. The lowest BCUT2D eigenvalue weighted by Crippen LogP contribution is -1.89. The summed E-state index contributed by atoms with van der Waals surface area (Å²) in [4.78, 5) is 0. The van der Waals surface area contributed by atoms with Crippen LogP contribution in [0, 0.1) is 57.2 Å². The third-order valence-electron chi connectivity index (χ3n) is 4.64. The SMILES string of the molecule is Cc1ccc(C#Cc2ccc(C#Cc3cc(C)c(C)c(C)c3)c(F)c2)cc1. The van der Waals surface area contributed by atoms with E-state index >= 15 is 0 Å². The third-order valence-corrected chi connectivity index (χ3v) is 4.64. The molecule has 3 aromatic rings. The van der Waals surface area contributed by atoms with Crippen molar-refractivity contribution in [2.75, 3.05) is 0 Å². The monoisotopic (exact) mass is 352 g/mol. The Hall–Kier alpha value is -3.29. The Bertz CT molecular complexity index is 1090. The first kappa shape index (κ1) is 18.5. The summed E-state index contributed by atoms with van der Waals surface area (Å²) in [6, 6.07) is 17.0. The van der Waals surface area contributed by atoms with Crippen LogP contribution in [0.15, 0.2) is 54.6 Å². The number of hydrogen-bond donors (Lipinski definition) is 0. The maximum Gasteiger partial charge on any atom is 0.140 e. The summed E-state index contributed by atoms with van der Waals surface area (Å²) in [7, 11) is 0. The zero-order valence-corrected chi connectivity index (χ0v) is 16.1. The number of hydrogen-bond acceptors (Lipinski definition) is 0. The molecule has 132 valence electrons. The van der Waals surface area contributed by atoms with Gasteiger partial charge in [-0.05, 0) is 86.8 Å². The van der Waals surface area contributed by atoms with E-state index < -0.39 is 0 Å². The molecule has 0 atom stereocenters. The molecule has 0 N–H and O–H groups in total. The average molecular weight is 352 g/mol. The van der Waals surface area contributed by atoms with Gasteiger partial charge in [-0.25, -0.2) is 4.39 Å². The van der Waals surface area contributed by atoms with Gasteiger partial charge in [0, 0.05) is 16.7 Å². The topological polar surface area (TPSA) is 0 Å². The van der Waals surface area contributed by atoms with Crippen LogP contribution in [0.3, 0.4) is 0 Å². The van der Waals surface area contributed by atoms with Crippen LogP contribution >= 0.6 is 0 Å². The summed E-state index contributed by atoms with van der Waals surface area (Å²) < 4.78 is 14.4. The van der Waals surface area contributed by atoms with Crippen LogP contribution in [0.2, 0.25) is 0 Å². The molecule has 0 amide bonds. The Balaban J connectivity index is 1.83. The first-order chi connectivity index (χ1) is 12.9. The Kier molecular flexibility index (Phi) is 5.44. The van der Waals surface area contributed by atoms with Gasteiger partial charge in [-0.15, -0.1) is 0 Å². The fourth-order valence-electron chi connectivity index (χ4n) is 2.72. The highest BCUT2D eigenvalue weighted by Gasteiger charge is 2.01. The molecular formula is C26H21F. The lowest BCUT2D eigenvalue weighted by molar-refractivity contribution is 0.624. The summed E-state index contributed by atoms with van der Waals surface area (Å²) >= 11 is 0. The molecule has 0 bridgehead atoms. The van der Waals surface area contributed by atoms with E-state index in [1.807, 2.05) is 43.3 Å². The molecule has 0 saturated heterocycles. The van der Waals surface area contributed by atoms with Gasteiger partial charge in [0.1, 0.15) is 5.82 Å². The van der Waals surface area contributed by atoms with Gasteiger partial charge in [0.25, 0.3) is 0 Å². The molecule has 0 spiro atoms. The fraction of sp³-hybridized carbons (Fsp3) is 0.154. The highest BCUT2D eigenvalue weighted by Crippen LogP contribution is 2.15. The first-order valence-corrected chi connectivity index (χ1v) is 8.90. The van der Waals surface area contributed by atoms with E-state index in [4.69, 9.17) is 0 Å². The standard InChI is InChI=1S/C26H21F/c1-18-5-7-22(8-6-18)9-10-23-11-13-25(26(27)17-23)14-12-24-15-19(2)21(4)20(3)16-24/h5-8,11,13,15-17H,1-4H3. The molecule has 0 aromatic heterocycles. The number of benzene rings is 3. The van der Waals surface area contributed by atoms with Gasteiger partial charge in [-0.2, -0.15) is 0 Å². The number of rotatable bonds is 0. The highest BCUT2D eigenvalue weighted by atomic mass is 19.1. The van der Waals surface area contributed by atoms with E-state index in [1.54, 1.807) is 12.1 Å². The number of aryl methyl sites for hydroxylation is 3. The van der Waals surface area contributed by atoms with Crippen molar-refractivity contribution in [2.24, 2.45) is 0 Å². The zero-order valence-electron chi connectivity index (χ0n) is 16.1. The Morgan fingerprint density at radius 3 is 1.78 bits per heavy atom. The van der Waals surface area contributed by atoms with Crippen LogP contribution in [-0.4, -0.2) is 0 Å². The van der Waals surface area contributed by atoms with E-state index in [-0.39, 0.29) is 5.82 Å². The van der Waals surface area contributed by atoms with Crippen LogP contribution in [0.1, 0.15) is 44.5 Å². The first-order valence-electron chi connectivity index (χ1n) is 8.90. The summed E-state index contributed by atoms with van der Waals surface area (Å²) in [6.45, 7) is 8.26. The van der Waals surface area contributed by atoms with Crippen LogP contribution < -0.4 is 0 Å². The Morgan fingerprint density at radius 2 is 1.15 bits per heavy atom. The lowest BCUT2D eigenvalue weighted by Gasteiger charge is -2.04. The fourth-order valence-corrected chi connectivity index (χ4v) is 2.72. The van der Waals surface area contributed by atoms with E-state index in [9.17, 15) is 4.39 Å². The molecule has 0 radical (unpaired) electrons. The number of halogens is 1. The van der Waals surface area contributed by atoms with Gasteiger partial charge < -0.3 is 0 Å². The normalized spacial score (nSPS) is 9.81. The van der Waals surface area contributed by atoms with Gasteiger partial charge in [0.2, 0.25) is 0 Å². The second-order valence-electron chi connectivity index (χ2n) is 6.80. The minimum atomic E-state index is -0.348. The minimum absolute atomic E-state index is 0.348. The van der Waals surface area contributed by atoms with Crippen molar-refractivity contribution < 1.29 is 4.39 Å². The Morgan fingerprint density at radius 1 is 0.593 bits per heavy atom. The molecular weight excluding hydrogens is 331 g/mol. The van der Waals surface area contributed by atoms with Gasteiger partial charge in [0.15, 0.2) is 0 Å². The molecule has 0 aliphatic rings. The van der Waals surface area contributed by atoms with Gasteiger partial charge >= 0.3 is 0 Å². The second-order valence-corrected chi connectivity index (χ2v) is 6.80. The molecule has 0 heterocycles. The molecule has 3 aromatic carbocycles. The van der Waals surface area contributed by atoms with E-state index in [0.717, 1.165) is 11.1 Å². The molecule has 0 saturated carbocycles. The van der Waals surface area contributed by atoms with E-state index in [1.165, 1.54) is 28.3 Å². The lowest BCUT2D eigenvalue weighted by atomic mass is 10.0. The summed E-state index contributed by atoms with van der Waals surface area (Å²) in [6.07, 6.45) is 0. The predicted molar refractivity (Wildman–Crippen MR) is 110 cm³/mol. The summed E-state index contributed by atoms with van der Waals surface area (Å²) in [5.74, 6) is 11.7. The van der Waals surface area contributed by atoms with Gasteiger partial charge in [-0.3, -0.25) is 0 Å². The van der Waals surface area contributed by atoms with Gasteiger partial charge in [0.05, 0.1) is 5.56 Å². The van der Waals surface area contributed by atoms with E-state index in [0.29, 0.717) is 11.1 Å². The van der Waals surface area contributed by atoms with Crippen molar-refractivity contribution >= 4 is 0 Å². The molecule has 1 heteroatoms. The third kappa shape index (κ3) is 4.66. The molecule has 0 aliphatic heterocycles. The molecule has 27 heavy (non-hydrogen) atoms. The van der Waals surface area contributed by atoms with Gasteiger partial charge in [-0.1, -0.05) is 41.4 Å².